The SMILES string of the molecule is CC(=O)N1CCCCCCN(CC2CC2)Cc2ccccc21. The van der Waals surface area contributed by atoms with Crippen molar-refractivity contribution >= 4 is 11.6 Å². The number of fused-ring (bicyclic) bond motifs is 1. The smallest absolute Gasteiger partial charge is 0.223 e. The first kappa shape index (κ1) is 15.5. The molecule has 0 N–H and O–H groups in total. The highest BCUT2D eigenvalue weighted by atomic mass is 16.2. The number of hydrogen-bond donors (Lipinski definition) is 0. The van der Waals surface area contributed by atoms with E-state index in [4.69, 9.17) is 0 Å². The van der Waals surface area contributed by atoms with Crippen LogP contribution in [0.15, 0.2) is 24.3 Å². The lowest BCUT2D eigenvalue weighted by Crippen LogP contribution is -2.32. The van der Waals surface area contributed by atoms with Crippen molar-refractivity contribution in [1.29, 1.82) is 0 Å². The van der Waals surface area contributed by atoms with Gasteiger partial charge >= 0.3 is 0 Å². The summed E-state index contributed by atoms with van der Waals surface area (Å²) in [5, 5.41) is 0. The van der Waals surface area contributed by atoms with Crippen LogP contribution < -0.4 is 4.90 Å². The van der Waals surface area contributed by atoms with E-state index in [-0.39, 0.29) is 5.91 Å². The molecule has 22 heavy (non-hydrogen) atoms. The summed E-state index contributed by atoms with van der Waals surface area (Å²) in [6.45, 7) is 5.96. The number of carbonyl (C=O) groups excluding carboxylic acids is 1. The zero-order chi connectivity index (χ0) is 15.4. The first-order chi connectivity index (χ1) is 10.7. The number of benzene rings is 1. The van der Waals surface area contributed by atoms with Crippen molar-refractivity contribution in [2.75, 3.05) is 24.5 Å². The molecule has 1 amide bonds. The first-order valence-electron chi connectivity index (χ1n) is 8.82. The van der Waals surface area contributed by atoms with Crippen molar-refractivity contribution in [2.24, 2.45) is 5.92 Å². The van der Waals surface area contributed by atoms with E-state index in [0.717, 1.165) is 31.1 Å². The van der Waals surface area contributed by atoms with Gasteiger partial charge in [0.05, 0.1) is 0 Å². The van der Waals surface area contributed by atoms with Gasteiger partial charge in [-0.2, -0.15) is 0 Å². The van der Waals surface area contributed by atoms with Crippen molar-refractivity contribution in [3.63, 3.8) is 0 Å². The number of anilines is 1. The Morgan fingerprint density at radius 2 is 1.82 bits per heavy atom. The average molecular weight is 300 g/mol. The van der Waals surface area contributed by atoms with E-state index in [1.54, 1.807) is 6.92 Å². The van der Waals surface area contributed by atoms with E-state index in [1.807, 2.05) is 4.90 Å². The third-order valence-corrected chi connectivity index (χ3v) is 4.88. The summed E-state index contributed by atoms with van der Waals surface area (Å²) < 4.78 is 0. The summed E-state index contributed by atoms with van der Waals surface area (Å²) in [6, 6.07) is 8.47. The molecule has 120 valence electrons. The minimum Gasteiger partial charge on any atom is -0.312 e. The van der Waals surface area contributed by atoms with Gasteiger partial charge < -0.3 is 4.90 Å². The molecule has 3 rings (SSSR count). The van der Waals surface area contributed by atoms with Gasteiger partial charge in [0.25, 0.3) is 0 Å². The van der Waals surface area contributed by atoms with Crippen LogP contribution in [0.3, 0.4) is 0 Å². The lowest BCUT2D eigenvalue weighted by molar-refractivity contribution is -0.116. The predicted octanol–water partition coefficient (Wildman–Crippen LogP) is 3.83. The molecule has 1 saturated carbocycles. The van der Waals surface area contributed by atoms with Crippen LogP contribution in [-0.4, -0.2) is 30.4 Å². The molecule has 0 atom stereocenters. The highest BCUT2D eigenvalue weighted by Gasteiger charge is 2.25. The third kappa shape index (κ3) is 4.10. The van der Waals surface area contributed by atoms with Gasteiger partial charge in [-0.3, -0.25) is 9.69 Å². The van der Waals surface area contributed by atoms with Gasteiger partial charge in [-0.1, -0.05) is 31.0 Å². The molecule has 0 spiro atoms. The Bertz CT molecular complexity index is 510. The van der Waals surface area contributed by atoms with Crippen LogP contribution in [0.2, 0.25) is 0 Å². The van der Waals surface area contributed by atoms with Crippen LogP contribution in [0.4, 0.5) is 5.69 Å². The summed E-state index contributed by atoms with van der Waals surface area (Å²) >= 11 is 0. The Morgan fingerprint density at radius 3 is 2.55 bits per heavy atom. The molecule has 1 aromatic carbocycles. The highest BCUT2D eigenvalue weighted by molar-refractivity contribution is 5.92. The summed E-state index contributed by atoms with van der Waals surface area (Å²) in [5.74, 6) is 1.08. The van der Waals surface area contributed by atoms with E-state index < -0.39 is 0 Å². The second-order valence-electron chi connectivity index (χ2n) is 6.89. The summed E-state index contributed by atoms with van der Waals surface area (Å²) in [5.41, 5.74) is 2.43. The quantitative estimate of drug-likeness (QED) is 0.829. The maximum Gasteiger partial charge on any atom is 0.223 e. The molecule has 3 heteroatoms. The Labute approximate surface area is 134 Å². The Morgan fingerprint density at radius 1 is 1.09 bits per heavy atom. The second-order valence-corrected chi connectivity index (χ2v) is 6.89. The van der Waals surface area contributed by atoms with Gasteiger partial charge in [0.15, 0.2) is 0 Å². The van der Waals surface area contributed by atoms with E-state index in [1.165, 1.54) is 50.8 Å². The van der Waals surface area contributed by atoms with Gasteiger partial charge in [0.2, 0.25) is 5.91 Å². The largest absolute Gasteiger partial charge is 0.312 e. The van der Waals surface area contributed by atoms with E-state index >= 15 is 0 Å². The zero-order valence-corrected chi connectivity index (χ0v) is 13.8. The average Bonchev–Trinajstić information content (AvgIpc) is 3.30. The molecule has 3 nitrogen and oxygen atoms in total. The van der Waals surface area contributed by atoms with Crippen molar-refractivity contribution in [3.05, 3.63) is 29.8 Å². The standard InChI is InChI=1S/C19H28N2O/c1-16(22)21-13-7-3-2-6-12-20(14-17-10-11-17)15-18-8-4-5-9-19(18)21/h4-5,8-9,17H,2-3,6-7,10-15H2,1H3. The lowest BCUT2D eigenvalue weighted by atomic mass is 10.1. The summed E-state index contributed by atoms with van der Waals surface area (Å²) in [7, 11) is 0. The number of nitrogens with zero attached hydrogens (tertiary/aromatic N) is 2. The van der Waals surface area contributed by atoms with Crippen molar-refractivity contribution < 1.29 is 4.79 Å². The fraction of sp³-hybridized carbons (Fsp3) is 0.632. The summed E-state index contributed by atoms with van der Waals surface area (Å²) in [4.78, 5) is 16.7. The van der Waals surface area contributed by atoms with Gasteiger partial charge in [-0.05, 0) is 49.8 Å². The number of para-hydroxylation sites is 1. The summed E-state index contributed by atoms with van der Waals surface area (Å²) in [6.07, 6.45) is 7.70. The molecule has 1 heterocycles. The van der Waals surface area contributed by atoms with Crippen LogP contribution in [0, 0.1) is 5.92 Å². The Kier molecular flexibility index (Phi) is 5.14. The molecule has 1 fully saturated rings. The number of rotatable bonds is 2. The Hall–Kier alpha value is -1.35. The molecule has 0 unspecified atom stereocenters. The van der Waals surface area contributed by atoms with Crippen LogP contribution in [0.5, 0.6) is 0 Å². The van der Waals surface area contributed by atoms with Crippen molar-refractivity contribution in [1.82, 2.24) is 4.90 Å². The third-order valence-electron chi connectivity index (χ3n) is 4.88. The molecular weight excluding hydrogens is 272 g/mol. The molecule has 1 aliphatic carbocycles. The number of hydrogen-bond acceptors (Lipinski definition) is 2. The molecule has 1 aromatic rings. The monoisotopic (exact) mass is 300 g/mol. The van der Waals surface area contributed by atoms with Gasteiger partial charge in [-0.15, -0.1) is 0 Å². The predicted molar refractivity (Wildman–Crippen MR) is 90.9 cm³/mol. The Balaban J connectivity index is 1.84. The highest BCUT2D eigenvalue weighted by Crippen LogP contribution is 2.31. The maximum absolute atomic E-state index is 12.1. The molecule has 2 aliphatic rings. The lowest BCUT2D eigenvalue weighted by Gasteiger charge is -2.27. The molecule has 0 aromatic heterocycles. The van der Waals surface area contributed by atoms with Gasteiger partial charge in [-0.25, -0.2) is 0 Å². The van der Waals surface area contributed by atoms with E-state index in [2.05, 4.69) is 29.2 Å². The topological polar surface area (TPSA) is 23.6 Å². The number of carbonyl (C=O) groups is 1. The van der Waals surface area contributed by atoms with Gasteiger partial charge in [0.1, 0.15) is 0 Å². The number of amides is 1. The van der Waals surface area contributed by atoms with Crippen LogP contribution in [-0.2, 0) is 11.3 Å². The minimum atomic E-state index is 0.167. The fourth-order valence-electron chi connectivity index (χ4n) is 3.46. The molecule has 0 bridgehead atoms. The van der Waals surface area contributed by atoms with Gasteiger partial charge in [0, 0.05) is 32.2 Å². The van der Waals surface area contributed by atoms with Crippen LogP contribution in [0.1, 0.15) is 51.0 Å². The van der Waals surface area contributed by atoms with Crippen LogP contribution >= 0.6 is 0 Å². The van der Waals surface area contributed by atoms with Crippen molar-refractivity contribution in [2.45, 2.75) is 52.0 Å². The molecule has 0 saturated heterocycles. The molecule has 1 aliphatic heterocycles. The first-order valence-corrected chi connectivity index (χ1v) is 8.82. The van der Waals surface area contributed by atoms with Crippen molar-refractivity contribution in [3.8, 4) is 0 Å². The molecule has 0 radical (unpaired) electrons. The van der Waals surface area contributed by atoms with E-state index in [9.17, 15) is 4.79 Å². The fourth-order valence-corrected chi connectivity index (χ4v) is 3.46. The van der Waals surface area contributed by atoms with Crippen LogP contribution in [0.25, 0.3) is 0 Å². The minimum absolute atomic E-state index is 0.167. The second kappa shape index (κ2) is 7.28. The van der Waals surface area contributed by atoms with E-state index in [0.29, 0.717) is 0 Å². The normalized spacial score (nSPS) is 21.0. The maximum atomic E-state index is 12.1. The molecular formula is C19H28N2O. The zero-order valence-electron chi connectivity index (χ0n) is 13.8.